The zero-order valence-corrected chi connectivity index (χ0v) is 8.17. The lowest BCUT2D eigenvalue weighted by Gasteiger charge is -2.00. The molecule has 0 saturated carbocycles. The molecule has 2 heterocycles. The molecular formula is C10H10N2O3. The first-order valence-electron chi connectivity index (χ1n) is 4.56. The lowest BCUT2D eigenvalue weighted by atomic mass is 10.2. The van der Waals surface area contributed by atoms with E-state index in [1.54, 1.807) is 19.1 Å². The number of rotatable bonds is 2. The van der Waals surface area contributed by atoms with E-state index < -0.39 is 5.97 Å². The Morgan fingerprint density at radius 3 is 3.20 bits per heavy atom. The topological polar surface area (TPSA) is 64.3 Å². The summed E-state index contributed by atoms with van der Waals surface area (Å²) in [6.07, 6.45) is 2.92. The van der Waals surface area contributed by atoms with Gasteiger partial charge in [-0.15, -0.1) is 0 Å². The van der Waals surface area contributed by atoms with Crippen LogP contribution in [0, 0.1) is 0 Å². The van der Waals surface area contributed by atoms with Gasteiger partial charge < -0.3 is 9.94 Å². The van der Waals surface area contributed by atoms with Gasteiger partial charge in [0.25, 0.3) is 0 Å². The van der Waals surface area contributed by atoms with Crippen LogP contribution < -0.4 is 0 Å². The molecule has 0 bridgehead atoms. The summed E-state index contributed by atoms with van der Waals surface area (Å²) in [4.78, 5) is 15.2. The Kier molecular flexibility index (Phi) is 2.29. The van der Waals surface area contributed by atoms with Crippen molar-refractivity contribution in [3.8, 4) is 0 Å². The van der Waals surface area contributed by atoms with Gasteiger partial charge in [-0.2, -0.15) is 4.73 Å². The van der Waals surface area contributed by atoms with E-state index in [4.69, 9.17) is 4.74 Å². The Hall–Kier alpha value is -2.04. The van der Waals surface area contributed by atoms with E-state index >= 15 is 0 Å². The molecule has 0 radical (unpaired) electrons. The van der Waals surface area contributed by atoms with Crippen molar-refractivity contribution in [2.24, 2.45) is 0 Å². The summed E-state index contributed by atoms with van der Waals surface area (Å²) in [5.41, 5.74) is 0.804. The summed E-state index contributed by atoms with van der Waals surface area (Å²) < 4.78 is 5.77. The van der Waals surface area contributed by atoms with Crippen LogP contribution in [0.4, 0.5) is 0 Å². The van der Waals surface area contributed by atoms with Crippen LogP contribution in [0.15, 0.2) is 24.5 Å². The second kappa shape index (κ2) is 3.61. The number of fused-ring (bicyclic) bond motifs is 1. The highest BCUT2D eigenvalue weighted by Crippen LogP contribution is 2.14. The summed E-state index contributed by atoms with van der Waals surface area (Å²) in [5.74, 6) is -0.454. The van der Waals surface area contributed by atoms with E-state index in [0.717, 1.165) is 10.1 Å². The van der Waals surface area contributed by atoms with Crippen LogP contribution in [-0.4, -0.2) is 27.5 Å². The van der Waals surface area contributed by atoms with Crippen molar-refractivity contribution in [1.29, 1.82) is 0 Å². The van der Waals surface area contributed by atoms with Crippen molar-refractivity contribution in [3.63, 3.8) is 0 Å². The maximum Gasteiger partial charge on any atom is 0.356 e. The van der Waals surface area contributed by atoms with Gasteiger partial charge in [-0.05, 0) is 19.1 Å². The normalized spacial score (nSPS) is 10.5. The summed E-state index contributed by atoms with van der Waals surface area (Å²) in [7, 11) is 0. The molecule has 78 valence electrons. The Balaban J connectivity index is 2.43. The quantitative estimate of drug-likeness (QED) is 0.596. The van der Waals surface area contributed by atoms with E-state index in [9.17, 15) is 10.0 Å². The summed E-state index contributed by atoms with van der Waals surface area (Å²) in [6.45, 7) is 2.06. The molecule has 15 heavy (non-hydrogen) atoms. The van der Waals surface area contributed by atoms with Gasteiger partial charge in [0.05, 0.1) is 12.8 Å². The third-order valence-electron chi connectivity index (χ3n) is 2.04. The van der Waals surface area contributed by atoms with Gasteiger partial charge in [-0.25, -0.2) is 9.78 Å². The molecule has 5 nitrogen and oxygen atoms in total. The number of pyridine rings is 1. The molecule has 0 fully saturated rings. The molecule has 0 unspecified atom stereocenters. The van der Waals surface area contributed by atoms with Crippen molar-refractivity contribution in [3.05, 3.63) is 30.2 Å². The van der Waals surface area contributed by atoms with Crippen LogP contribution in [0.5, 0.6) is 0 Å². The van der Waals surface area contributed by atoms with Gasteiger partial charge in [0.15, 0.2) is 0 Å². The molecule has 2 rings (SSSR count). The van der Waals surface area contributed by atoms with Gasteiger partial charge in [0, 0.05) is 11.6 Å². The zero-order chi connectivity index (χ0) is 10.8. The molecule has 0 aliphatic rings. The number of carbonyl (C=O) groups is 1. The number of ether oxygens (including phenoxy) is 1. The van der Waals surface area contributed by atoms with E-state index in [0.29, 0.717) is 12.1 Å². The molecule has 0 saturated heterocycles. The minimum Gasteiger partial charge on any atom is -0.461 e. The van der Waals surface area contributed by atoms with Crippen molar-refractivity contribution >= 4 is 16.9 Å². The molecule has 0 spiro atoms. The third-order valence-corrected chi connectivity index (χ3v) is 2.04. The predicted octanol–water partition coefficient (Wildman–Crippen LogP) is 1.45. The Morgan fingerprint density at radius 2 is 2.47 bits per heavy atom. The fourth-order valence-electron chi connectivity index (χ4n) is 1.34. The fourth-order valence-corrected chi connectivity index (χ4v) is 1.34. The molecule has 2 aromatic rings. The van der Waals surface area contributed by atoms with E-state index in [1.807, 2.05) is 0 Å². The largest absolute Gasteiger partial charge is 0.461 e. The summed E-state index contributed by atoms with van der Waals surface area (Å²) >= 11 is 0. The molecule has 2 aromatic heterocycles. The van der Waals surface area contributed by atoms with E-state index in [1.165, 1.54) is 12.4 Å². The third kappa shape index (κ3) is 1.63. The maximum absolute atomic E-state index is 11.3. The van der Waals surface area contributed by atoms with E-state index in [2.05, 4.69) is 4.98 Å². The number of aromatic nitrogens is 2. The van der Waals surface area contributed by atoms with Crippen molar-refractivity contribution in [2.45, 2.75) is 6.92 Å². The molecule has 0 atom stereocenters. The first-order chi connectivity index (χ1) is 7.22. The monoisotopic (exact) mass is 206 g/mol. The number of hydrogen-bond acceptors (Lipinski definition) is 4. The van der Waals surface area contributed by atoms with Crippen molar-refractivity contribution in [1.82, 2.24) is 9.71 Å². The molecule has 5 heteroatoms. The number of carbonyl (C=O) groups excluding carboxylic acids is 1. The Labute approximate surface area is 85.9 Å². The highest BCUT2D eigenvalue weighted by atomic mass is 16.5. The smallest absolute Gasteiger partial charge is 0.356 e. The second-order valence-electron chi connectivity index (χ2n) is 3.01. The van der Waals surface area contributed by atoms with Crippen LogP contribution in [0.3, 0.4) is 0 Å². The first-order valence-corrected chi connectivity index (χ1v) is 4.56. The molecule has 1 N–H and O–H groups in total. The molecule has 0 aliphatic heterocycles. The molecule has 0 aromatic carbocycles. The highest BCUT2D eigenvalue weighted by Gasteiger charge is 2.10. The first kappa shape index (κ1) is 9.51. The fraction of sp³-hybridized carbons (Fsp3) is 0.200. The average Bonchev–Trinajstić information content (AvgIpc) is 2.60. The predicted molar refractivity (Wildman–Crippen MR) is 52.9 cm³/mol. The Morgan fingerprint density at radius 1 is 1.67 bits per heavy atom. The summed E-state index contributed by atoms with van der Waals surface area (Å²) in [5, 5.41) is 10.1. The zero-order valence-electron chi connectivity index (χ0n) is 8.17. The number of nitrogens with zero attached hydrogens (tertiary/aromatic N) is 2. The Bertz CT molecular complexity index is 504. The van der Waals surface area contributed by atoms with Gasteiger partial charge in [0.1, 0.15) is 11.2 Å². The van der Waals surface area contributed by atoms with Crippen molar-refractivity contribution < 1.29 is 14.7 Å². The number of esters is 1. The maximum atomic E-state index is 11.3. The van der Waals surface area contributed by atoms with Crippen LogP contribution in [0.2, 0.25) is 0 Å². The van der Waals surface area contributed by atoms with Crippen molar-refractivity contribution in [2.75, 3.05) is 6.61 Å². The standard InChI is InChI=1S/C10H10N2O3/c1-2-15-10(13)8-5-7-3-4-12(14)9(7)6-11-8/h3-6,14H,2H2,1H3. The van der Waals surface area contributed by atoms with Crippen LogP contribution in [0.1, 0.15) is 17.4 Å². The molecular weight excluding hydrogens is 196 g/mol. The van der Waals surface area contributed by atoms with Crippen LogP contribution in [-0.2, 0) is 4.74 Å². The molecule has 0 amide bonds. The minimum absolute atomic E-state index is 0.246. The SMILES string of the molecule is CCOC(=O)c1cc2ccn(O)c2cn1. The molecule has 0 aliphatic carbocycles. The summed E-state index contributed by atoms with van der Waals surface area (Å²) in [6, 6.07) is 3.28. The van der Waals surface area contributed by atoms with Gasteiger partial charge in [0.2, 0.25) is 0 Å². The van der Waals surface area contributed by atoms with Gasteiger partial charge in [-0.3, -0.25) is 0 Å². The highest BCUT2D eigenvalue weighted by molar-refractivity contribution is 5.92. The van der Waals surface area contributed by atoms with Gasteiger partial charge in [-0.1, -0.05) is 0 Å². The average molecular weight is 206 g/mol. The lowest BCUT2D eigenvalue weighted by Crippen LogP contribution is -2.06. The van der Waals surface area contributed by atoms with Crippen LogP contribution in [0.25, 0.3) is 10.9 Å². The van der Waals surface area contributed by atoms with Crippen LogP contribution >= 0.6 is 0 Å². The minimum atomic E-state index is -0.454. The number of hydrogen-bond donors (Lipinski definition) is 1. The lowest BCUT2D eigenvalue weighted by molar-refractivity contribution is 0.0519. The second-order valence-corrected chi connectivity index (χ2v) is 3.01. The van der Waals surface area contributed by atoms with E-state index in [-0.39, 0.29) is 5.69 Å². The van der Waals surface area contributed by atoms with Gasteiger partial charge >= 0.3 is 5.97 Å².